The van der Waals surface area contributed by atoms with E-state index in [1.165, 1.54) is 6.20 Å². The van der Waals surface area contributed by atoms with Crippen molar-refractivity contribution >= 4 is 26.0 Å². The van der Waals surface area contributed by atoms with E-state index in [-0.39, 0.29) is 11.6 Å². The average Bonchev–Trinajstić information content (AvgIpc) is 2.78. The fourth-order valence-corrected chi connectivity index (χ4v) is 3.13. The topological polar surface area (TPSA) is 64.0 Å². The number of rotatable bonds is 5. The molecule has 108 valence electrons. The highest BCUT2D eigenvalue weighted by Crippen LogP contribution is 2.11. The Kier molecular flexibility index (Phi) is 4.62. The van der Waals surface area contributed by atoms with Gasteiger partial charge in [-0.1, -0.05) is 40.2 Å². The number of alkyl halides is 1. The van der Waals surface area contributed by atoms with Crippen molar-refractivity contribution in [3.8, 4) is 0 Å². The van der Waals surface area contributed by atoms with E-state index in [0.717, 1.165) is 16.5 Å². The number of aromatic nitrogens is 2. The van der Waals surface area contributed by atoms with E-state index in [4.69, 9.17) is 0 Å². The minimum Gasteiger partial charge on any atom is -0.337 e. The lowest BCUT2D eigenvalue weighted by molar-refractivity contribution is 0.578. The van der Waals surface area contributed by atoms with Gasteiger partial charge in [0.15, 0.2) is 5.03 Å². The van der Waals surface area contributed by atoms with Gasteiger partial charge in [-0.2, -0.15) is 0 Å². The van der Waals surface area contributed by atoms with Crippen LogP contribution in [0.15, 0.2) is 35.5 Å². The molecular weight excluding hydrogens is 342 g/mol. The van der Waals surface area contributed by atoms with Crippen molar-refractivity contribution in [2.45, 2.75) is 23.8 Å². The number of imidazole rings is 1. The number of nitrogens with one attached hydrogen (secondary N) is 1. The highest BCUT2D eigenvalue weighted by Gasteiger charge is 2.17. The van der Waals surface area contributed by atoms with Crippen molar-refractivity contribution in [1.29, 1.82) is 0 Å². The monoisotopic (exact) mass is 357 g/mol. The van der Waals surface area contributed by atoms with E-state index < -0.39 is 10.0 Å². The second-order valence-corrected chi connectivity index (χ2v) is 6.79. The molecule has 0 saturated carbocycles. The molecule has 1 N–H and O–H groups in total. The standard InChI is InChI=1S/C13H16BrN3O2S/c1-10-16-13(9-17(10)2)20(18,19)15-8-12-5-3-4-11(6-12)7-14/h3-6,9,15H,7-8H2,1-2H3. The van der Waals surface area contributed by atoms with Gasteiger partial charge in [-0.15, -0.1) is 0 Å². The molecule has 0 fully saturated rings. The molecule has 0 amide bonds. The van der Waals surface area contributed by atoms with Crippen LogP contribution in [0.5, 0.6) is 0 Å². The summed E-state index contributed by atoms with van der Waals surface area (Å²) in [5.41, 5.74) is 2.02. The molecule has 0 aliphatic carbocycles. The molecule has 1 aromatic carbocycles. The lowest BCUT2D eigenvalue weighted by atomic mass is 10.1. The second kappa shape index (κ2) is 6.07. The Labute approximate surface area is 127 Å². The van der Waals surface area contributed by atoms with E-state index in [0.29, 0.717) is 5.82 Å². The van der Waals surface area contributed by atoms with E-state index >= 15 is 0 Å². The number of hydrogen-bond acceptors (Lipinski definition) is 3. The first-order chi connectivity index (χ1) is 9.42. The Morgan fingerprint density at radius 3 is 2.65 bits per heavy atom. The molecule has 1 heterocycles. The van der Waals surface area contributed by atoms with Crippen LogP contribution in [-0.4, -0.2) is 18.0 Å². The molecule has 0 atom stereocenters. The Hall–Kier alpha value is -1.18. The second-order valence-electron chi connectivity index (χ2n) is 4.52. The van der Waals surface area contributed by atoms with Crippen LogP contribution in [0.1, 0.15) is 17.0 Å². The number of sulfonamides is 1. The highest BCUT2D eigenvalue weighted by molar-refractivity contribution is 9.08. The molecule has 0 spiro atoms. The SMILES string of the molecule is Cc1nc(S(=O)(=O)NCc2cccc(CBr)c2)cn1C. The van der Waals surface area contributed by atoms with Crippen LogP contribution in [0, 0.1) is 6.92 Å². The Morgan fingerprint density at radius 1 is 1.35 bits per heavy atom. The van der Waals surface area contributed by atoms with Crippen LogP contribution < -0.4 is 4.72 Å². The summed E-state index contributed by atoms with van der Waals surface area (Å²) in [4.78, 5) is 4.03. The van der Waals surface area contributed by atoms with E-state index in [2.05, 4.69) is 25.6 Å². The quantitative estimate of drug-likeness (QED) is 0.833. The highest BCUT2D eigenvalue weighted by atomic mass is 79.9. The van der Waals surface area contributed by atoms with Crippen LogP contribution in [0.3, 0.4) is 0 Å². The summed E-state index contributed by atoms with van der Waals surface area (Å²) in [6, 6.07) is 7.74. The normalized spacial score (nSPS) is 11.8. The van der Waals surface area contributed by atoms with Crippen LogP contribution in [-0.2, 0) is 28.9 Å². The lowest BCUT2D eigenvalue weighted by Gasteiger charge is -2.05. The summed E-state index contributed by atoms with van der Waals surface area (Å²) < 4.78 is 28.5. The molecule has 20 heavy (non-hydrogen) atoms. The van der Waals surface area contributed by atoms with Crippen LogP contribution in [0.2, 0.25) is 0 Å². The predicted molar refractivity (Wildman–Crippen MR) is 81.0 cm³/mol. The molecule has 1 aromatic heterocycles. The van der Waals surface area contributed by atoms with Crippen molar-refractivity contribution in [2.24, 2.45) is 7.05 Å². The third-order valence-corrected chi connectivity index (χ3v) is 4.89. The Balaban J connectivity index is 2.12. The van der Waals surface area contributed by atoms with Crippen LogP contribution in [0.4, 0.5) is 0 Å². The molecule has 0 bridgehead atoms. The molecule has 0 aliphatic rings. The minimum atomic E-state index is -3.57. The van der Waals surface area contributed by atoms with Gasteiger partial charge in [-0.3, -0.25) is 0 Å². The smallest absolute Gasteiger partial charge is 0.259 e. The minimum absolute atomic E-state index is 0.0501. The molecule has 0 aliphatic heterocycles. The summed E-state index contributed by atoms with van der Waals surface area (Å²) >= 11 is 3.38. The number of nitrogens with zero attached hydrogens (tertiary/aromatic N) is 2. The molecule has 7 heteroatoms. The van der Waals surface area contributed by atoms with Crippen molar-refractivity contribution in [3.05, 3.63) is 47.4 Å². The van der Waals surface area contributed by atoms with Gasteiger partial charge in [-0.25, -0.2) is 18.1 Å². The maximum atomic E-state index is 12.1. The van der Waals surface area contributed by atoms with Gasteiger partial charge >= 0.3 is 0 Å². The molecular formula is C13H16BrN3O2S. The fourth-order valence-electron chi connectivity index (χ4n) is 1.73. The Morgan fingerprint density at radius 2 is 2.05 bits per heavy atom. The predicted octanol–water partition coefficient (Wildman–Crippen LogP) is 2.10. The zero-order valence-electron chi connectivity index (χ0n) is 11.3. The van der Waals surface area contributed by atoms with E-state index in [1.807, 2.05) is 24.3 Å². The molecule has 2 rings (SSSR count). The molecule has 0 radical (unpaired) electrons. The van der Waals surface area contributed by atoms with Gasteiger partial charge in [0.25, 0.3) is 10.0 Å². The van der Waals surface area contributed by atoms with Gasteiger partial charge < -0.3 is 4.57 Å². The van der Waals surface area contributed by atoms with Crippen LogP contribution in [0.25, 0.3) is 0 Å². The lowest BCUT2D eigenvalue weighted by Crippen LogP contribution is -2.23. The van der Waals surface area contributed by atoms with Crippen molar-refractivity contribution in [3.63, 3.8) is 0 Å². The first kappa shape index (κ1) is 15.2. The first-order valence-electron chi connectivity index (χ1n) is 6.06. The average molecular weight is 358 g/mol. The maximum Gasteiger partial charge on any atom is 0.259 e. The zero-order chi connectivity index (χ0) is 14.8. The third kappa shape index (κ3) is 3.47. The number of hydrogen-bond donors (Lipinski definition) is 1. The molecule has 2 aromatic rings. The molecule has 0 saturated heterocycles. The fraction of sp³-hybridized carbons (Fsp3) is 0.308. The number of halogens is 1. The van der Waals surface area contributed by atoms with E-state index in [9.17, 15) is 8.42 Å². The Bertz CT molecular complexity index is 691. The summed E-state index contributed by atoms with van der Waals surface area (Å²) in [7, 11) is -1.81. The van der Waals surface area contributed by atoms with Crippen LogP contribution >= 0.6 is 15.9 Å². The van der Waals surface area contributed by atoms with Gasteiger partial charge in [0, 0.05) is 25.1 Å². The van der Waals surface area contributed by atoms with Gasteiger partial charge in [0.1, 0.15) is 5.82 Å². The van der Waals surface area contributed by atoms with Gasteiger partial charge in [0.2, 0.25) is 0 Å². The summed E-state index contributed by atoms with van der Waals surface area (Å²) in [5.74, 6) is 0.659. The number of aryl methyl sites for hydroxylation is 2. The summed E-state index contributed by atoms with van der Waals surface area (Å²) in [5, 5.41) is 0.793. The third-order valence-electron chi connectivity index (χ3n) is 2.97. The largest absolute Gasteiger partial charge is 0.337 e. The number of benzene rings is 1. The van der Waals surface area contributed by atoms with E-state index in [1.54, 1.807) is 18.5 Å². The zero-order valence-corrected chi connectivity index (χ0v) is 13.7. The van der Waals surface area contributed by atoms with Crippen molar-refractivity contribution in [2.75, 3.05) is 0 Å². The molecule has 5 nitrogen and oxygen atoms in total. The first-order valence-corrected chi connectivity index (χ1v) is 8.66. The molecule has 0 unspecified atom stereocenters. The maximum absolute atomic E-state index is 12.1. The summed E-state index contributed by atoms with van der Waals surface area (Å²) in [6.07, 6.45) is 1.51. The van der Waals surface area contributed by atoms with Crippen molar-refractivity contribution < 1.29 is 8.42 Å². The van der Waals surface area contributed by atoms with Crippen molar-refractivity contribution in [1.82, 2.24) is 14.3 Å². The summed E-state index contributed by atoms with van der Waals surface area (Å²) in [6.45, 7) is 2.01. The van der Waals surface area contributed by atoms with Gasteiger partial charge in [0.05, 0.1) is 0 Å². The van der Waals surface area contributed by atoms with Gasteiger partial charge in [-0.05, 0) is 18.1 Å².